The monoisotopic (exact) mass is 184 g/mol. The highest BCUT2D eigenvalue weighted by molar-refractivity contribution is 5.65. The first-order chi connectivity index (χ1) is 5.83. The molecule has 0 aromatic rings. The Morgan fingerprint density at radius 3 is 1.85 bits per heavy atom. The van der Waals surface area contributed by atoms with Crippen molar-refractivity contribution < 1.29 is 9.53 Å². The third-order valence-electron chi connectivity index (χ3n) is 1.02. The SMILES string of the molecule is C=CC(C)(C)C.C=CCOC(C)=O. The maximum absolute atomic E-state index is 9.93. The predicted molar refractivity (Wildman–Crippen MR) is 56.5 cm³/mol. The largest absolute Gasteiger partial charge is 0.462 e. The minimum absolute atomic E-state index is 0.264. The first-order valence-electron chi connectivity index (χ1n) is 4.21. The normalized spacial score (nSPS) is 9.23. The lowest BCUT2D eigenvalue weighted by molar-refractivity contribution is -0.139. The molecule has 76 valence electrons. The zero-order valence-electron chi connectivity index (χ0n) is 9.09. The van der Waals surface area contributed by atoms with E-state index in [0.29, 0.717) is 12.0 Å². The molecule has 0 N–H and O–H groups in total. The maximum Gasteiger partial charge on any atom is 0.302 e. The molecule has 2 heteroatoms. The summed E-state index contributed by atoms with van der Waals surface area (Å²) in [6.45, 7) is 15.0. The van der Waals surface area contributed by atoms with Gasteiger partial charge in [-0.1, -0.05) is 39.5 Å². The summed E-state index contributed by atoms with van der Waals surface area (Å²) in [5.41, 5.74) is 0.306. The van der Waals surface area contributed by atoms with Crippen LogP contribution in [0.5, 0.6) is 0 Å². The molecule has 0 saturated carbocycles. The number of hydrogen-bond acceptors (Lipinski definition) is 2. The van der Waals surface area contributed by atoms with Gasteiger partial charge in [0.1, 0.15) is 6.61 Å². The number of rotatable bonds is 2. The van der Waals surface area contributed by atoms with Crippen LogP contribution >= 0.6 is 0 Å². The molecule has 0 amide bonds. The van der Waals surface area contributed by atoms with Gasteiger partial charge in [0.05, 0.1) is 0 Å². The van der Waals surface area contributed by atoms with E-state index in [4.69, 9.17) is 0 Å². The van der Waals surface area contributed by atoms with E-state index < -0.39 is 0 Å². The third kappa shape index (κ3) is 24.8. The van der Waals surface area contributed by atoms with Crippen LogP contribution in [0.3, 0.4) is 0 Å². The standard InChI is InChI=1S/C6H12.C5H8O2/c1-5-6(2,3)4;1-3-4-7-5(2)6/h5H,1H2,2-4H3;3H,1,4H2,2H3. The van der Waals surface area contributed by atoms with Crippen LogP contribution < -0.4 is 0 Å². The fourth-order valence-electron chi connectivity index (χ4n) is 0.176. The van der Waals surface area contributed by atoms with E-state index in [2.05, 4.69) is 38.7 Å². The van der Waals surface area contributed by atoms with Crippen molar-refractivity contribution in [2.45, 2.75) is 27.7 Å². The lowest BCUT2D eigenvalue weighted by Crippen LogP contribution is -1.96. The molecule has 0 aliphatic heterocycles. The molecule has 0 aliphatic rings. The zero-order valence-corrected chi connectivity index (χ0v) is 9.09. The highest BCUT2D eigenvalue weighted by atomic mass is 16.5. The number of hydrogen-bond donors (Lipinski definition) is 0. The molecule has 2 nitrogen and oxygen atoms in total. The van der Waals surface area contributed by atoms with Crippen LogP contribution in [0.4, 0.5) is 0 Å². The number of esters is 1. The molecule has 0 saturated heterocycles. The van der Waals surface area contributed by atoms with Crippen molar-refractivity contribution in [3.8, 4) is 0 Å². The molecule has 0 radical (unpaired) electrons. The summed E-state index contributed by atoms with van der Waals surface area (Å²) >= 11 is 0. The smallest absolute Gasteiger partial charge is 0.302 e. The van der Waals surface area contributed by atoms with Crippen LogP contribution in [0, 0.1) is 5.41 Å². The van der Waals surface area contributed by atoms with Gasteiger partial charge in [0.2, 0.25) is 0 Å². The second kappa shape index (κ2) is 7.59. The Morgan fingerprint density at radius 1 is 1.38 bits per heavy atom. The molecule has 0 heterocycles. The molecule has 0 aliphatic carbocycles. The van der Waals surface area contributed by atoms with Crippen molar-refractivity contribution >= 4 is 5.97 Å². The van der Waals surface area contributed by atoms with Crippen molar-refractivity contribution in [2.24, 2.45) is 5.41 Å². The Kier molecular flexibility index (Phi) is 8.45. The fourth-order valence-corrected chi connectivity index (χ4v) is 0.176. The first-order valence-corrected chi connectivity index (χ1v) is 4.21. The average molecular weight is 184 g/mol. The van der Waals surface area contributed by atoms with Gasteiger partial charge in [-0.15, -0.1) is 6.58 Å². The maximum atomic E-state index is 9.93. The predicted octanol–water partition coefficient (Wildman–Crippen LogP) is 2.95. The number of carbonyl (C=O) groups is 1. The molecule has 0 unspecified atom stereocenters. The lowest BCUT2D eigenvalue weighted by Gasteiger charge is -2.08. The highest BCUT2D eigenvalue weighted by Crippen LogP contribution is 2.11. The third-order valence-corrected chi connectivity index (χ3v) is 1.02. The van der Waals surface area contributed by atoms with Crippen molar-refractivity contribution in [1.29, 1.82) is 0 Å². The van der Waals surface area contributed by atoms with Crippen LogP contribution in [-0.4, -0.2) is 12.6 Å². The number of ether oxygens (including phenoxy) is 1. The van der Waals surface area contributed by atoms with Crippen molar-refractivity contribution in [3.05, 3.63) is 25.3 Å². The molecule has 0 spiro atoms. The van der Waals surface area contributed by atoms with Crippen molar-refractivity contribution in [3.63, 3.8) is 0 Å². The summed E-state index contributed by atoms with van der Waals surface area (Å²) in [7, 11) is 0. The minimum atomic E-state index is -0.264. The van der Waals surface area contributed by atoms with Gasteiger partial charge in [-0.25, -0.2) is 0 Å². The van der Waals surface area contributed by atoms with E-state index in [0.717, 1.165) is 0 Å². The second-order valence-electron chi connectivity index (χ2n) is 3.66. The molecule has 0 bridgehead atoms. The molecule has 13 heavy (non-hydrogen) atoms. The summed E-state index contributed by atoms with van der Waals surface area (Å²) in [5.74, 6) is -0.264. The molecule has 0 rings (SSSR count). The van der Waals surface area contributed by atoms with Crippen LogP contribution in [0.25, 0.3) is 0 Å². The van der Waals surface area contributed by atoms with Crippen LogP contribution in [0.2, 0.25) is 0 Å². The van der Waals surface area contributed by atoms with Gasteiger partial charge in [-0.2, -0.15) is 0 Å². The van der Waals surface area contributed by atoms with Gasteiger partial charge in [-0.05, 0) is 5.41 Å². The van der Waals surface area contributed by atoms with Gasteiger partial charge in [0, 0.05) is 6.92 Å². The van der Waals surface area contributed by atoms with Gasteiger partial charge in [0.25, 0.3) is 0 Å². The Bertz CT molecular complexity index is 163. The van der Waals surface area contributed by atoms with E-state index in [9.17, 15) is 4.79 Å². The molecular weight excluding hydrogens is 164 g/mol. The van der Waals surface area contributed by atoms with E-state index in [1.807, 2.05) is 6.08 Å². The van der Waals surface area contributed by atoms with Crippen LogP contribution in [-0.2, 0) is 9.53 Å². The van der Waals surface area contributed by atoms with Gasteiger partial charge in [-0.3, -0.25) is 4.79 Å². The molecule has 0 aromatic carbocycles. The van der Waals surface area contributed by atoms with E-state index >= 15 is 0 Å². The Labute approximate surface area is 81.3 Å². The van der Waals surface area contributed by atoms with Gasteiger partial charge >= 0.3 is 5.97 Å². The summed E-state index contributed by atoms with van der Waals surface area (Å²) < 4.78 is 4.43. The van der Waals surface area contributed by atoms with Gasteiger partial charge in [0.15, 0.2) is 0 Å². The topological polar surface area (TPSA) is 26.3 Å². The van der Waals surface area contributed by atoms with E-state index in [1.54, 1.807) is 0 Å². The van der Waals surface area contributed by atoms with Crippen LogP contribution in [0.1, 0.15) is 27.7 Å². The van der Waals surface area contributed by atoms with Gasteiger partial charge < -0.3 is 4.74 Å². The van der Waals surface area contributed by atoms with E-state index in [1.165, 1.54) is 13.0 Å². The second-order valence-corrected chi connectivity index (χ2v) is 3.66. The lowest BCUT2D eigenvalue weighted by atomic mass is 9.98. The average Bonchev–Trinajstić information content (AvgIpc) is 2.01. The van der Waals surface area contributed by atoms with E-state index in [-0.39, 0.29) is 5.97 Å². The Hall–Kier alpha value is -1.05. The molecular formula is C11H20O2. The minimum Gasteiger partial charge on any atom is -0.462 e. The molecule has 0 atom stereocenters. The fraction of sp³-hybridized carbons (Fsp3) is 0.545. The summed E-state index contributed by atoms with van der Waals surface area (Å²) in [6.07, 6.45) is 3.47. The Balaban J connectivity index is 0. The molecule has 0 aromatic heterocycles. The summed E-state index contributed by atoms with van der Waals surface area (Å²) in [6, 6.07) is 0. The zero-order chi connectivity index (χ0) is 10.9. The van der Waals surface area contributed by atoms with Crippen molar-refractivity contribution in [1.82, 2.24) is 0 Å². The van der Waals surface area contributed by atoms with Crippen LogP contribution in [0.15, 0.2) is 25.3 Å². The van der Waals surface area contributed by atoms with Crippen molar-refractivity contribution in [2.75, 3.05) is 6.61 Å². The molecule has 0 fully saturated rings. The summed E-state index contributed by atoms with van der Waals surface area (Å²) in [5, 5.41) is 0. The highest BCUT2D eigenvalue weighted by Gasteiger charge is 1.99. The Morgan fingerprint density at radius 2 is 1.77 bits per heavy atom. The summed E-state index contributed by atoms with van der Waals surface area (Å²) in [4.78, 5) is 9.93. The number of allylic oxidation sites excluding steroid dienone is 1. The first kappa shape index (κ1) is 14.5. The number of carbonyl (C=O) groups excluding carboxylic acids is 1. The quantitative estimate of drug-likeness (QED) is 0.487.